The van der Waals surface area contributed by atoms with Gasteiger partial charge in [-0.1, -0.05) is 6.92 Å². The number of hydrogen-bond donors (Lipinski definition) is 0. The average Bonchev–Trinajstić information content (AvgIpc) is 3.23. The molecule has 5 rings (SSSR count). The monoisotopic (exact) mass is 336 g/mol. The van der Waals surface area contributed by atoms with Crippen molar-refractivity contribution in [3.63, 3.8) is 0 Å². The second kappa shape index (κ2) is 5.37. The Kier molecular flexibility index (Phi) is 3.13. The van der Waals surface area contributed by atoms with Crippen LogP contribution in [0.4, 0.5) is 5.82 Å². The van der Waals surface area contributed by atoms with Crippen LogP contribution < -0.4 is 4.90 Å². The molecule has 128 valence electrons. The molecular formula is C17H20N8. The maximum atomic E-state index is 4.92. The Morgan fingerprint density at radius 1 is 1.24 bits per heavy atom. The van der Waals surface area contributed by atoms with E-state index in [1.807, 2.05) is 23.9 Å². The molecule has 0 amide bonds. The van der Waals surface area contributed by atoms with Gasteiger partial charge >= 0.3 is 0 Å². The fourth-order valence-electron chi connectivity index (χ4n) is 3.84. The van der Waals surface area contributed by atoms with Gasteiger partial charge in [-0.2, -0.15) is 4.98 Å². The van der Waals surface area contributed by atoms with Crippen molar-refractivity contribution in [1.29, 1.82) is 0 Å². The van der Waals surface area contributed by atoms with Gasteiger partial charge in [-0.3, -0.25) is 9.13 Å². The normalized spacial score (nSPS) is 19.4. The van der Waals surface area contributed by atoms with Crippen molar-refractivity contribution in [2.24, 2.45) is 0 Å². The molecule has 0 N–H and O–H groups in total. The zero-order chi connectivity index (χ0) is 17.0. The second-order valence-electron chi connectivity index (χ2n) is 6.71. The Hall–Kier alpha value is -2.77. The van der Waals surface area contributed by atoms with Gasteiger partial charge in [0.15, 0.2) is 11.6 Å². The van der Waals surface area contributed by atoms with Gasteiger partial charge in [0, 0.05) is 18.4 Å². The lowest BCUT2D eigenvalue weighted by atomic mass is 9.89. The number of fused-ring (bicyclic) bond motifs is 3. The van der Waals surface area contributed by atoms with Crippen molar-refractivity contribution >= 4 is 5.82 Å². The summed E-state index contributed by atoms with van der Waals surface area (Å²) in [6, 6.07) is 0.713. The molecule has 8 heteroatoms. The molecule has 1 unspecified atom stereocenters. The van der Waals surface area contributed by atoms with Crippen LogP contribution in [0, 0.1) is 6.92 Å². The smallest absolute Gasteiger partial charge is 0.236 e. The van der Waals surface area contributed by atoms with Gasteiger partial charge in [0.1, 0.15) is 17.8 Å². The Labute approximate surface area is 145 Å². The van der Waals surface area contributed by atoms with Crippen LogP contribution in [-0.4, -0.2) is 40.3 Å². The molecule has 0 bridgehead atoms. The summed E-state index contributed by atoms with van der Waals surface area (Å²) >= 11 is 0. The van der Waals surface area contributed by atoms with Crippen molar-refractivity contribution in [1.82, 2.24) is 34.3 Å². The zero-order valence-electron chi connectivity index (χ0n) is 14.4. The van der Waals surface area contributed by atoms with Crippen LogP contribution >= 0.6 is 0 Å². The van der Waals surface area contributed by atoms with E-state index in [0.29, 0.717) is 12.0 Å². The first-order chi connectivity index (χ1) is 12.3. The van der Waals surface area contributed by atoms with Crippen LogP contribution in [0.25, 0.3) is 11.6 Å². The summed E-state index contributed by atoms with van der Waals surface area (Å²) in [6.45, 7) is 4.18. The van der Waals surface area contributed by atoms with Crippen LogP contribution in [-0.2, 0) is 0 Å². The minimum absolute atomic E-state index is 0.199. The van der Waals surface area contributed by atoms with Gasteiger partial charge in [-0.05, 0) is 32.6 Å². The van der Waals surface area contributed by atoms with Crippen LogP contribution in [0.1, 0.15) is 50.3 Å². The Bertz CT molecular complexity index is 909. The highest BCUT2D eigenvalue weighted by Gasteiger charge is 2.40. The number of imidazole rings is 1. The van der Waals surface area contributed by atoms with Gasteiger partial charge in [0.25, 0.3) is 0 Å². The molecule has 1 aliphatic heterocycles. The molecule has 1 atom stereocenters. The predicted octanol–water partition coefficient (Wildman–Crippen LogP) is 2.38. The first kappa shape index (κ1) is 14.6. The van der Waals surface area contributed by atoms with Crippen molar-refractivity contribution in [2.45, 2.75) is 51.6 Å². The van der Waals surface area contributed by atoms with Crippen molar-refractivity contribution in [3.05, 3.63) is 36.6 Å². The van der Waals surface area contributed by atoms with Crippen molar-refractivity contribution < 1.29 is 0 Å². The first-order valence-electron chi connectivity index (χ1n) is 8.84. The van der Waals surface area contributed by atoms with E-state index in [-0.39, 0.29) is 6.04 Å². The number of hydrogen-bond acceptors (Lipinski definition) is 6. The minimum atomic E-state index is 0.199. The summed E-state index contributed by atoms with van der Waals surface area (Å²) in [5.74, 6) is 3.50. The Balaban J connectivity index is 1.73. The quantitative estimate of drug-likeness (QED) is 0.731. The predicted molar refractivity (Wildman–Crippen MR) is 92.0 cm³/mol. The number of anilines is 1. The van der Waals surface area contributed by atoms with Crippen LogP contribution in [0.5, 0.6) is 0 Å². The molecule has 1 fully saturated rings. The molecule has 0 aromatic carbocycles. The standard InChI is InChI=1S/C17H20N8/c1-3-13-16-22-21-11(2)24(16)14-9-19-17(23-8-7-18-10-23)20-15(14)25(13)12-5-4-6-12/h7-10,12-13H,3-6H2,1-2H3. The third kappa shape index (κ3) is 2.03. The minimum Gasteiger partial charge on any atom is -0.341 e. The second-order valence-corrected chi connectivity index (χ2v) is 6.71. The molecule has 0 radical (unpaired) electrons. The van der Waals surface area contributed by atoms with E-state index in [1.54, 1.807) is 12.5 Å². The summed E-state index contributed by atoms with van der Waals surface area (Å²) < 4.78 is 3.95. The fourth-order valence-corrected chi connectivity index (χ4v) is 3.84. The summed E-state index contributed by atoms with van der Waals surface area (Å²) in [5, 5.41) is 8.79. The van der Waals surface area contributed by atoms with E-state index in [9.17, 15) is 0 Å². The SMILES string of the molecule is CCC1c2nnc(C)n2-c2cnc(-n3ccnc3)nc2N1C1CCC1. The fraction of sp³-hybridized carbons (Fsp3) is 0.471. The van der Waals surface area contributed by atoms with E-state index < -0.39 is 0 Å². The molecule has 0 spiro atoms. The van der Waals surface area contributed by atoms with Crippen LogP contribution in [0.2, 0.25) is 0 Å². The summed E-state index contributed by atoms with van der Waals surface area (Å²) in [4.78, 5) is 16.0. The highest BCUT2D eigenvalue weighted by atomic mass is 15.4. The molecule has 4 heterocycles. The van der Waals surface area contributed by atoms with E-state index >= 15 is 0 Å². The maximum absolute atomic E-state index is 4.92. The molecular weight excluding hydrogens is 316 g/mol. The Morgan fingerprint density at radius 3 is 2.80 bits per heavy atom. The van der Waals surface area contributed by atoms with Gasteiger partial charge < -0.3 is 4.90 Å². The molecule has 1 saturated carbocycles. The third-order valence-corrected chi connectivity index (χ3v) is 5.30. The lowest BCUT2D eigenvalue weighted by Crippen LogP contribution is -2.46. The molecule has 2 aliphatic rings. The van der Waals surface area contributed by atoms with Gasteiger partial charge in [-0.25, -0.2) is 9.97 Å². The highest BCUT2D eigenvalue weighted by molar-refractivity contribution is 5.63. The molecule has 8 nitrogen and oxygen atoms in total. The number of nitrogens with zero attached hydrogens (tertiary/aromatic N) is 8. The van der Waals surface area contributed by atoms with Gasteiger partial charge in [-0.15, -0.1) is 10.2 Å². The van der Waals surface area contributed by atoms with Crippen molar-refractivity contribution in [2.75, 3.05) is 4.90 Å². The van der Waals surface area contributed by atoms with E-state index in [4.69, 9.17) is 4.98 Å². The van der Waals surface area contributed by atoms with Crippen LogP contribution in [0.3, 0.4) is 0 Å². The van der Waals surface area contributed by atoms with Crippen molar-refractivity contribution in [3.8, 4) is 11.6 Å². The van der Waals surface area contributed by atoms with Gasteiger partial charge in [0.2, 0.25) is 5.95 Å². The van der Waals surface area contributed by atoms with E-state index in [2.05, 4.69) is 36.6 Å². The summed E-state index contributed by atoms with van der Waals surface area (Å²) in [5.41, 5.74) is 0.970. The summed E-state index contributed by atoms with van der Waals surface area (Å²) in [6.07, 6.45) is 11.9. The molecule has 1 aliphatic carbocycles. The number of aromatic nitrogens is 7. The first-order valence-corrected chi connectivity index (χ1v) is 8.84. The largest absolute Gasteiger partial charge is 0.341 e. The molecule has 0 saturated heterocycles. The average molecular weight is 336 g/mol. The van der Waals surface area contributed by atoms with Crippen LogP contribution in [0.15, 0.2) is 24.9 Å². The molecule has 25 heavy (non-hydrogen) atoms. The van der Waals surface area contributed by atoms with E-state index in [0.717, 1.165) is 29.6 Å². The third-order valence-electron chi connectivity index (χ3n) is 5.30. The Morgan fingerprint density at radius 2 is 2.12 bits per heavy atom. The lowest BCUT2D eigenvalue weighted by molar-refractivity contribution is 0.341. The maximum Gasteiger partial charge on any atom is 0.236 e. The lowest BCUT2D eigenvalue weighted by Gasteiger charge is -2.45. The number of aryl methyl sites for hydroxylation is 1. The summed E-state index contributed by atoms with van der Waals surface area (Å²) in [7, 11) is 0. The zero-order valence-corrected chi connectivity index (χ0v) is 14.4. The topological polar surface area (TPSA) is 77.5 Å². The molecule has 3 aromatic rings. The van der Waals surface area contributed by atoms with E-state index in [1.165, 1.54) is 19.3 Å². The molecule has 3 aromatic heterocycles. The highest BCUT2D eigenvalue weighted by Crippen LogP contribution is 2.43. The number of rotatable bonds is 3. The van der Waals surface area contributed by atoms with Gasteiger partial charge in [0.05, 0.1) is 12.2 Å².